The van der Waals surface area contributed by atoms with Gasteiger partial charge in [-0.15, -0.1) is 0 Å². The Morgan fingerprint density at radius 1 is 1.19 bits per heavy atom. The van der Waals surface area contributed by atoms with E-state index in [4.69, 9.17) is 0 Å². The molecule has 1 atom stereocenters. The molecule has 2 aromatic carbocycles. The third-order valence-corrected chi connectivity index (χ3v) is 3.60. The molecule has 1 amide bonds. The summed E-state index contributed by atoms with van der Waals surface area (Å²) in [6.07, 6.45) is 0.823. The van der Waals surface area contributed by atoms with Crippen LogP contribution in [0.1, 0.15) is 40.7 Å². The van der Waals surface area contributed by atoms with E-state index in [1.807, 2.05) is 25.1 Å². The van der Waals surface area contributed by atoms with E-state index in [0.29, 0.717) is 12.5 Å². The Kier molecular flexibility index (Phi) is 5.09. The Labute approximate surface area is 125 Å². The largest absolute Gasteiger partial charge is 0.352 e. The van der Waals surface area contributed by atoms with Gasteiger partial charge in [-0.1, -0.05) is 48.9 Å². The van der Waals surface area contributed by atoms with Crippen molar-refractivity contribution in [1.29, 1.82) is 0 Å². The zero-order valence-electron chi connectivity index (χ0n) is 12.4. The van der Waals surface area contributed by atoms with Crippen LogP contribution in [0.2, 0.25) is 0 Å². The summed E-state index contributed by atoms with van der Waals surface area (Å²) in [4.78, 5) is 12.0. The molecule has 0 aliphatic heterocycles. The summed E-state index contributed by atoms with van der Waals surface area (Å²) >= 11 is 0. The van der Waals surface area contributed by atoms with E-state index in [-0.39, 0.29) is 11.5 Å². The summed E-state index contributed by atoms with van der Waals surface area (Å²) in [6.45, 7) is 4.49. The fraction of sp³-hybridized carbons (Fsp3) is 0.278. The molecular formula is C18H20FNO. The van der Waals surface area contributed by atoms with Gasteiger partial charge in [0.1, 0.15) is 5.82 Å². The molecule has 0 aliphatic carbocycles. The third kappa shape index (κ3) is 4.15. The predicted octanol–water partition coefficient (Wildman–Crippen LogP) is 4.06. The fourth-order valence-electron chi connectivity index (χ4n) is 2.26. The van der Waals surface area contributed by atoms with Crippen molar-refractivity contribution in [2.24, 2.45) is 0 Å². The summed E-state index contributed by atoms with van der Waals surface area (Å²) in [5.41, 5.74) is 2.23. The Bertz CT molecular complexity index is 610. The number of benzene rings is 2. The number of rotatable bonds is 5. The number of hydrogen-bond donors (Lipinski definition) is 1. The molecule has 0 saturated heterocycles. The van der Waals surface area contributed by atoms with Crippen LogP contribution in [0.3, 0.4) is 0 Å². The first-order valence-corrected chi connectivity index (χ1v) is 7.17. The smallest absolute Gasteiger partial charge is 0.254 e. The molecule has 0 heterocycles. The van der Waals surface area contributed by atoms with Crippen LogP contribution in [0.4, 0.5) is 4.39 Å². The van der Waals surface area contributed by atoms with Gasteiger partial charge in [-0.3, -0.25) is 4.79 Å². The number of halogens is 1. The predicted molar refractivity (Wildman–Crippen MR) is 82.9 cm³/mol. The van der Waals surface area contributed by atoms with E-state index in [2.05, 4.69) is 24.4 Å². The molecule has 21 heavy (non-hydrogen) atoms. The highest BCUT2D eigenvalue weighted by molar-refractivity contribution is 5.94. The Morgan fingerprint density at radius 2 is 1.90 bits per heavy atom. The molecule has 2 nitrogen and oxygen atoms in total. The van der Waals surface area contributed by atoms with Crippen molar-refractivity contribution in [1.82, 2.24) is 5.32 Å². The highest BCUT2D eigenvalue weighted by atomic mass is 19.1. The standard InChI is InChI=1S/C18H20FNO/c1-13-8-9-17(19)16(12-13)18(21)20-11-10-14(2)15-6-4-3-5-7-15/h3-9,12,14H,10-11H2,1-2H3,(H,20,21). The molecular weight excluding hydrogens is 265 g/mol. The van der Waals surface area contributed by atoms with E-state index >= 15 is 0 Å². The van der Waals surface area contributed by atoms with Crippen LogP contribution in [-0.4, -0.2) is 12.5 Å². The molecule has 0 aromatic heterocycles. The second-order valence-electron chi connectivity index (χ2n) is 5.34. The number of amides is 1. The maximum Gasteiger partial charge on any atom is 0.254 e. The zero-order chi connectivity index (χ0) is 15.2. The number of aryl methyl sites for hydroxylation is 1. The van der Waals surface area contributed by atoms with Crippen molar-refractivity contribution in [2.45, 2.75) is 26.2 Å². The zero-order valence-corrected chi connectivity index (χ0v) is 12.4. The topological polar surface area (TPSA) is 29.1 Å². The van der Waals surface area contributed by atoms with Crippen LogP contribution in [0.25, 0.3) is 0 Å². The van der Waals surface area contributed by atoms with E-state index in [0.717, 1.165) is 12.0 Å². The molecule has 0 bridgehead atoms. The van der Waals surface area contributed by atoms with Gasteiger partial charge < -0.3 is 5.32 Å². The van der Waals surface area contributed by atoms with Gasteiger partial charge in [-0.05, 0) is 37.0 Å². The first-order chi connectivity index (χ1) is 10.1. The minimum atomic E-state index is -0.478. The van der Waals surface area contributed by atoms with Gasteiger partial charge in [0, 0.05) is 6.54 Å². The first kappa shape index (κ1) is 15.2. The van der Waals surface area contributed by atoms with Crippen molar-refractivity contribution < 1.29 is 9.18 Å². The monoisotopic (exact) mass is 285 g/mol. The fourth-order valence-corrected chi connectivity index (χ4v) is 2.26. The third-order valence-electron chi connectivity index (χ3n) is 3.60. The number of carbonyl (C=O) groups excluding carboxylic acids is 1. The van der Waals surface area contributed by atoms with E-state index < -0.39 is 5.82 Å². The summed E-state index contributed by atoms with van der Waals surface area (Å²) < 4.78 is 13.6. The SMILES string of the molecule is Cc1ccc(F)c(C(=O)NCCC(C)c2ccccc2)c1. The van der Waals surface area contributed by atoms with Crippen molar-refractivity contribution in [2.75, 3.05) is 6.54 Å². The molecule has 1 unspecified atom stereocenters. The minimum Gasteiger partial charge on any atom is -0.352 e. The molecule has 0 aliphatic rings. The van der Waals surface area contributed by atoms with Crippen LogP contribution in [-0.2, 0) is 0 Å². The quantitative estimate of drug-likeness (QED) is 0.882. The van der Waals surface area contributed by atoms with Gasteiger partial charge in [0.15, 0.2) is 0 Å². The van der Waals surface area contributed by atoms with Gasteiger partial charge >= 0.3 is 0 Å². The highest BCUT2D eigenvalue weighted by Crippen LogP contribution is 2.17. The van der Waals surface area contributed by atoms with Crippen molar-refractivity contribution in [3.8, 4) is 0 Å². The molecule has 2 rings (SSSR count). The molecule has 0 radical (unpaired) electrons. The molecule has 2 aromatic rings. The average molecular weight is 285 g/mol. The van der Waals surface area contributed by atoms with Gasteiger partial charge in [0.2, 0.25) is 0 Å². The van der Waals surface area contributed by atoms with E-state index in [1.54, 1.807) is 12.1 Å². The van der Waals surface area contributed by atoms with Crippen molar-refractivity contribution >= 4 is 5.91 Å². The Balaban J connectivity index is 1.88. The summed E-state index contributed by atoms with van der Waals surface area (Å²) in [5, 5.41) is 2.79. The minimum absolute atomic E-state index is 0.113. The van der Waals surface area contributed by atoms with Crippen LogP contribution < -0.4 is 5.32 Å². The van der Waals surface area contributed by atoms with Gasteiger partial charge in [0.05, 0.1) is 5.56 Å². The Morgan fingerprint density at radius 3 is 2.62 bits per heavy atom. The molecule has 0 saturated carbocycles. The lowest BCUT2D eigenvalue weighted by atomic mass is 9.98. The normalized spacial score (nSPS) is 12.0. The van der Waals surface area contributed by atoms with Crippen molar-refractivity contribution in [3.63, 3.8) is 0 Å². The maximum atomic E-state index is 13.6. The summed E-state index contributed by atoms with van der Waals surface area (Å²) in [5.74, 6) is -0.473. The lowest BCUT2D eigenvalue weighted by Gasteiger charge is -2.12. The van der Waals surface area contributed by atoms with Crippen molar-refractivity contribution in [3.05, 3.63) is 71.0 Å². The van der Waals surface area contributed by atoms with Crippen LogP contribution in [0.5, 0.6) is 0 Å². The molecule has 110 valence electrons. The van der Waals surface area contributed by atoms with Crippen LogP contribution in [0, 0.1) is 12.7 Å². The van der Waals surface area contributed by atoms with Gasteiger partial charge in [-0.25, -0.2) is 4.39 Å². The summed E-state index contributed by atoms with van der Waals surface area (Å²) in [6, 6.07) is 14.7. The van der Waals surface area contributed by atoms with E-state index in [1.165, 1.54) is 11.6 Å². The van der Waals surface area contributed by atoms with E-state index in [9.17, 15) is 9.18 Å². The lowest BCUT2D eigenvalue weighted by molar-refractivity contribution is 0.0948. The number of hydrogen-bond acceptors (Lipinski definition) is 1. The molecule has 3 heteroatoms. The summed E-state index contributed by atoms with van der Waals surface area (Å²) in [7, 11) is 0. The second-order valence-corrected chi connectivity index (χ2v) is 5.34. The highest BCUT2D eigenvalue weighted by Gasteiger charge is 2.12. The Hall–Kier alpha value is -2.16. The van der Waals surface area contributed by atoms with Crippen LogP contribution >= 0.6 is 0 Å². The molecule has 1 N–H and O–H groups in total. The average Bonchev–Trinajstić information content (AvgIpc) is 2.50. The molecule has 0 spiro atoms. The maximum absolute atomic E-state index is 13.6. The number of nitrogens with one attached hydrogen (secondary N) is 1. The van der Waals surface area contributed by atoms with Crippen LogP contribution in [0.15, 0.2) is 48.5 Å². The molecule has 0 fully saturated rings. The van der Waals surface area contributed by atoms with Gasteiger partial charge in [0.25, 0.3) is 5.91 Å². The number of carbonyl (C=O) groups is 1. The first-order valence-electron chi connectivity index (χ1n) is 7.17. The lowest BCUT2D eigenvalue weighted by Crippen LogP contribution is -2.26. The van der Waals surface area contributed by atoms with Gasteiger partial charge in [-0.2, -0.15) is 0 Å². The second kappa shape index (κ2) is 7.02.